The van der Waals surface area contributed by atoms with Gasteiger partial charge in [-0.2, -0.15) is 0 Å². The van der Waals surface area contributed by atoms with E-state index in [-0.39, 0.29) is 39.2 Å². The molecule has 236 valence electrons. The lowest BCUT2D eigenvalue weighted by atomic mass is 10.2. The Morgan fingerprint density at radius 1 is 0.733 bits per heavy atom. The van der Waals surface area contributed by atoms with Crippen LogP contribution in [0.1, 0.15) is 42.4 Å². The first kappa shape index (κ1) is 32.7. The number of nitrogens with one attached hydrogen (secondary N) is 2. The van der Waals surface area contributed by atoms with Gasteiger partial charge in [0.05, 0.1) is 0 Å². The molecule has 0 unspecified atom stereocenters. The smallest absolute Gasteiger partial charge is 0.407 e. The van der Waals surface area contributed by atoms with E-state index in [0.29, 0.717) is 19.4 Å². The molecule has 1 saturated heterocycles. The third-order valence-electron chi connectivity index (χ3n) is 7.18. The second-order valence-electron chi connectivity index (χ2n) is 10.5. The Morgan fingerprint density at radius 3 is 1.84 bits per heavy atom. The summed E-state index contributed by atoms with van der Waals surface area (Å²) in [6, 6.07) is 25.4. The summed E-state index contributed by atoms with van der Waals surface area (Å²) in [4.78, 5) is 65.4. The maximum atomic E-state index is 13.4. The number of hydrogen-bond donors (Lipinski definition) is 2. The SMILES string of the molecule is O=C(NCC(=O)N1CCC[C@H]1C(=O)[15NH][13C@H]([13CH2][13CH2][13C](=O)OCc1ccccc1)[13C](=O)OCc1ccccc1)OCc1ccccc1. The molecule has 2 atom stereocenters. The molecule has 0 aliphatic carbocycles. The Hall–Kier alpha value is -5.19. The predicted octanol–water partition coefficient (Wildman–Crippen LogP) is 3.66. The lowest BCUT2D eigenvalue weighted by Gasteiger charge is -2.26. The van der Waals surface area contributed by atoms with Gasteiger partial charge in [-0.05, 0) is 36.0 Å². The van der Waals surface area contributed by atoms with Crippen molar-refractivity contribution in [2.75, 3.05) is 13.1 Å². The summed E-state index contributed by atoms with van der Waals surface area (Å²) in [5, 5.41) is 5.11. The Bertz CT molecular complexity index is 1420. The van der Waals surface area contributed by atoms with Crippen LogP contribution in [0.2, 0.25) is 0 Å². The van der Waals surface area contributed by atoms with Crippen LogP contribution in [0.4, 0.5) is 4.79 Å². The minimum absolute atomic E-state index is 0.00935. The number of benzene rings is 3. The zero-order chi connectivity index (χ0) is 31.9. The van der Waals surface area contributed by atoms with E-state index in [1.807, 2.05) is 78.9 Å². The van der Waals surface area contributed by atoms with Gasteiger partial charge in [0.2, 0.25) is 11.8 Å². The highest BCUT2D eigenvalue weighted by molar-refractivity contribution is 5.92. The molecule has 0 saturated carbocycles. The van der Waals surface area contributed by atoms with E-state index in [9.17, 15) is 24.0 Å². The van der Waals surface area contributed by atoms with Crippen molar-refractivity contribution in [2.24, 2.45) is 0 Å². The van der Waals surface area contributed by atoms with Crippen molar-refractivity contribution in [1.82, 2.24) is 15.5 Å². The minimum Gasteiger partial charge on any atom is -0.461 e. The largest absolute Gasteiger partial charge is 0.461 e. The fraction of sp³-hybridized carbons (Fsp3) is 0.324. The second-order valence-corrected chi connectivity index (χ2v) is 10.5. The standard InChI is InChI=1S/C34H37N3O8/c38-30(21-35-34(42)45-24-27-15-8-3-9-16-27)37-20-10-17-29(37)32(40)36-28(33(41)44-23-26-13-6-2-7-14-26)18-19-31(39)43-22-25-11-4-1-5-12-25/h1-9,11-16,28-29H,10,17-24H2,(H,35,42)(H,36,40)/t28-,29+/m1/s1/i18+1,19+1,28+1,31+1,33+1,36+1. The fourth-order valence-electron chi connectivity index (χ4n) is 4.78. The van der Waals surface area contributed by atoms with Crippen molar-refractivity contribution in [3.63, 3.8) is 0 Å². The third kappa shape index (κ3) is 10.8. The van der Waals surface area contributed by atoms with Crippen molar-refractivity contribution in [3.8, 4) is 0 Å². The molecule has 0 spiro atoms. The van der Waals surface area contributed by atoms with Crippen LogP contribution in [0.25, 0.3) is 0 Å². The number of amides is 3. The quantitative estimate of drug-likeness (QED) is 0.120. The van der Waals surface area contributed by atoms with Gasteiger partial charge < -0.3 is 29.7 Å². The van der Waals surface area contributed by atoms with Gasteiger partial charge in [-0.3, -0.25) is 14.4 Å². The van der Waals surface area contributed by atoms with E-state index in [2.05, 4.69) is 10.6 Å². The van der Waals surface area contributed by atoms with Crippen LogP contribution in [0.5, 0.6) is 0 Å². The lowest BCUT2D eigenvalue weighted by Crippen LogP contribution is -2.52. The molecule has 3 aromatic rings. The maximum Gasteiger partial charge on any atom is 0.407 e. The van der Waals surface area contributed by atoms with Crippen molar-refractivity contribution in [2.45, 2.75) is 57.6 Å². The zero-order valence-corrected chi connectivity index (χ0v) is 24.9. The highest BCUT2D eigenvalue weighted by atomic mass is 16.6. The molecule has 2 N–H and O–H groups in total. The number of nitrogens with zero attached hydrogens (tertiary/aromatic N) is 1. The Balaban J connectivity index is 1.30. The molecule has 45 heavy (non-hydrogen) atoms. The van der Waals surface area contributed by atoms with Crippen molar-refractivity contribution in [3.05, 3.63) is 108 Å². The lowest BCUT2D eigenvalue weighted by molar-refractivity contribution is -0.151. The number of hydrogen-bond acceptors (Lipinski definition) is 8. The van der Waals surface area contributed by atoms with Gasteiger partial charge in [0.1, 0.15) is 38.4 Å². The zero-order valence-electron chi connectivity index (χ0n) is 24.9. The molecule has 1 heterocycles. The summed E-state index contributed by atoms with van der Waals surface area (Å²) in [6.45, 7) is 0.0870. The van der Waals surface area contributed by atoms with E-state index in [1.54, 1.807) is 12.1 Å². The van der Waals surface area contributed by atoms with Crippen LogP contribution in [-0.2, 0) is 53.2 Å². The van der Waals surface area contributed by atoms with Crippen LogP contribution in [-0.4, -0.2) is 59.9 Å². The molecule has 11 nitrogen and oxygen atoms in total. The maximum absolute atomic E-state index is 13.4. The first-order valence-electron chi connectivity index (χ1n) is 14.8. The predicted molar refractivity (Wildman–Crippen MR) is 163 cm³/mol. The fourth-order valence-corrected chi connectivity index (χ4v) is 4.78. The summed E-state index contributed by atoms with van der Waals surface area (Å²) in [5.74, 6) is -2.25. The van der Waals surface area contributed by atoms with Gasteiger partial charge in [-0.15, -0.1) is 0 Å². The van der Waals surface area contributed by atoms with Gasteiger partial charge in [0, 0.05) is 13.0 Å². The first-order valence-corrected chi connectivity index (χ1v) is 14.8. The highest BCUT2D eigenvalue weighted by Crippen LogP contribution is 2.18. The van der Waals surface area contributed by atoms with Crippen molar-refractivity contribution < 1.29 is 38.2 Å². The minimum atomic E-state index is -1.14. The van der Waals surface area contributed by atoms with E-state index in [1.165, 1.54) is 4.90 Å². The first-order chi connectivity index (χ1) is 21.9. The average molecular weight is 622 g/mol. The topological polar surface area (TPSA) is 140 Å². The summed E-state index contributed by atoms with van der Waals surface area (Å²) in [7, 11) is 0. The van der Waals surface area contributed by atoms with Crippen molar-refractivity contribution >= 4 is 29.8 Å². The van der Waals surface area contributed by atoms with Gasteiger partial charge in [0.15, 0.2) is 0 Å². The number of likely N-dealkylation sites (tertiary alicyclic amines) is 1. The Kier molecular flexibility index (Phi) is 12.5. The third-order valence-corrected chi connectivity index (χ3v) is 7.18. The molecule has 1 aliphatic rings. The Labute approximate surface area is 261 Å². The van der Waals surface area contributed by atoms with Crippen LogP contribution in [0.3, 0.4) is 0 Å². The molecule has 3 amide bonds. The van der Waals surface area contributed by atoms with Gasteiger partial charge >= 0.3 is 18.0 Å². The van der Waals surface area contributed by atoms with E-state index >= 15 is 0 Å². The Morgan fingerprint density at radius 2 is 1.27 bits per heavy atom. The number of carbonyl (C=O) groups excluding carboxylic acids is 5. The van der Waals surface area contributed by atoms with Gasteiger partial charge in [0.25, 0.3) is 0 Å². The molecule has 4 rings (SSSR count). The number of rotatable bonds is 14. The van der Waals surface area contributed by atoms with Crippen molar-refractivity contribution in [1.29, 1.82) is 0 Å². The normalized spacial score (nSPS) is 14.6. The number of carbonyl (C=O) groups is 5. The van der Waals surface area contributed by atoms with E-state index in [0.717, 1.165) is 16.7 Å². The van der Waals surface area contributed by atoms with E-state index < -0.39 is 41.9 Å². The average Bonchev–Trinajstić information content (AvgIpc) is 3.58. The molecule has 0 radical (unpaired) electrons. The van der Waals surface area contributed by atoms with Crippen LogP contribution >= 0.6 is 0 Å². The highest BCUT2D eigenvalue weighted by Gasteiger charge is 2.36. The molecule has 3 aromatic carbocycles. The summed E-state index contributed by atoms with van der Waals surface area (Å²) in [5.41, 5.74) is 2.39. The molecule has 0 aromatic heterocycles. The van der Waals surface area contributed by atoms with E-state index in [4.69, 9.17) is 14.2 Å². The summed E-state index contributed by atoms with van der Waals surface area (Å²) in [6.07, 6.45) is -0.00555. The number of alkyl carbamates (subject to hydrolysis) is 1. The molecule has 0 bridgehead atoms. The summed E-state index contributed by atoms with van der Waals surface area (Å²) >= 11 is 0. The molecule has 1 aliphatic heterocycles. The molecular weight excluding hydrogens is 584 g/mol. The number of esters is 2. The monoisotopic (exact) mass is 621 g/mol. The molecule has 1 fully saturated rings. The molecule has 11 heteroatoms. The van der Waals surface area contributed by atoms with Gasteiger partial charge in [-0.1, -0.05) is 91.0 Å². The number of ether oxygens (including phenoxy) is 3. The summed E-state index contributed by atoms with van der Waals surface area (Å²) < 4.78 is 15.9. The van der Waals surface area contributed by atoms with Crippen LogP contribution in [0, 0.1) is 0 Å². The van der Waals surface area contributed by atoms with Crippen LogP contribution in [0.15, 0.2) is 91.0 Å². The van der Waals surface area contributed by atoms with Crippen LogP contribution < -0.4 is 10.6 Å². The second kappa shape index (κ2) is 17.2. The van der Waals surface area contributed by atoms with Gasteiger partial charge in [-0.25, -0.2) is 9.59 Å². The molecular formula is C34H37N3O8.